The number of allylic oxidation sites excluding steroid dienone is 16. The van der Waals surface area contributed by atoms with Gasteiger partial charge in [0.1, 0.15) is 19.8 Å². The number of phosphoric acid groups is 1. The molecule has 0 fully saturated rings. The minimum absolute atomic E-state index is 0.0122. The SMILES string of the molecule is CC/C=C/C/C=C/C/C=C/C/C=C/C/C=C/C/C=C/CCC(=O)O[C@H](COC(=O)CCCCCCCCCCC/C=C/C/C=C/CCCCC)COP(=O)(O)OCC[N+](C)(C)C. The van der Waals surface area contributed by atoms with Crippen LogP contribution in [0, 0.1) is 0 Å². The van der Waals surface area contributed by atoms with Crippen LogP contribution in [0.25, 0.3) is 0 Å². The van der Waals surface area contributed by atoms with Gasteiger partial charge in [-0.05, 0) is 83.5 Å². The van der Waals surface area contributed by atoms with Gasteiger partial charge in [-0.15, -0.1) is 0 Å². The summed E-state index contributed by atoms with van der Waals surface area (Å²) in [6.07, 6.45) is 57.6. The second kappa shape index (κ2) is 43.2. The van der Waals surface area contributed by atoms with Crippen LogP contribution in [0.2, 0.25) is 0 Å². The highest BCUT2D eigenvalue weighted by molar-refractivity contribution is 7.47. The molecule has 0 heterocycles. The maximum absolute atomic E-state index is 12.7. The smallest absolute Gasteiger partial charge is 0.462 e. The molecule has 0 rings (SSSR count). The number of ether oxygens (including phenoxy) is 2. The normalized spacial score (nSPS) is 14.4. The molecular formula is C52H89NO8P+. The molecule has 354 valence electrons. The van der Waals surface area contributed by atoms with Crippen molar-refractivity contribution in [3.63, 3.8) is 0 Å². The molecule has 0 aromatic heterocycles. The molecule has 0 aromatic carbocycles. The molecule has 0 aliphatic rings. The van der Waals surface area contributed by atoms with E-state index in [0.29, 0.717) is 17.4 Å². The Morgan fingerprint density at radius 1 is 0.516 bits per heavy atom. The fraction of sp³-hybridized carbons (Fsp3) is 0.654. The summed E-state index contributed by atoms with van der Waals surface area (Å²) in [5, 5.41) is 0. The molecule has 0 radical (unpaired) electrons. The first kappa shape index (κ1) is 58.9. The molecule has 0 aromatic rings. The number of hydrogen-bond donors (Lipinski definition) is 1. The summed E-state index contributed by atoms with van der Waals surface area (Å²) in [7, 11) is 1.41. The first-order valence-electron chi connectivity index (χ1n) is 24.0. The Hall–Kier alpha value is -3.07. The van der Waals surface area contributed by atoms with E-state index in [2.05, 4.69) is 98.9 Å². The molecule has 0 amide bonds. The van der Waals surface area contributed by atoms with Crippen LogP contribution >= 0.6 is 7.82 Å². The number of unbranched alkanes of at least 4 members (excludes halogenated alkanes) is 12. The van der Waals surface area contributed by atoms with Crippen LogP contribution in [0.15, 0.2) is 97.2 Å². The fourth-order valence-corrected chi connectivity index (χ4v) is 6.63. The lowest BCUT2D eigenvalue weighted by atomic mass is 10.1. The predicted molar refractivity (Wildman–Crippen MR) is 261 cm³/mol. The number of carbonyl (C=O) groups excluding carboxylic acids is 2. The van der Waals surface area contributed by atoms with Crippen molar-refractivity contribution in [3.8, 4) is 0 Å². The van der Waals surface area contributed by atoms with Gasteiger partial charge in [0.2, 0.25) is 0 Å². The molecule has 0 saturated heterocycles. The summed E-state index contributed by atoms with van der Waals surface area (Å²) in [5.41, 5.74) is 0. The molecule has 0 aliphatic heterocycles. The Morgan fingerprint density at radius 2 is 0.952 bits per heavy atom. The topological polar surface area (TPSA) is 108 Å². The van der Waals surface area contributed by atoms with Crippen molar-refractivity contribution >= 4 is 19.8 Å². The number of nitrogens with zero attached hydrogens (tertiary/aromatic N) is 1. The molecule has 0 spiro atoms. The van der Waals surface area contributed by atoms with Gasteiger partial charge in [0, 0.05) is 12.8 Å². The highest BCUT2D eigenvalue weighted by atomic mass is 31.2. The average Bonchev–Trinajstić information content (AvgIpc) is 3.23. The molecule has 0 saturated carbocycles. The van der Waals surface area contributed by atoms with Crippen molar-refractivity contribution < 1.29 is 42.1 Å². The minimum Gasteiger partial charge on any atom is -0.462 e. The van der Waals surface area contributed by atoms with E-state index in [1.54, 1.807) is 0 Å². The van der Waals surface area contributed by atoms with Crippen LogP contribution in [-0.4, -0.2) is 74.9 Å². The summed E-state index contributed by atoms with van der Waals surface area (Å²) >= 11 is 0. The maximum Gasteiger partial charge on any atom is 0.472 e. The van der Waals surface area contributed by atoms with Gasteiger partial charge in [0.15, 0.2) is 6.10 Å². The third kappa shape index (κ3) is 46.4. The number of likely N-dealkylation sites (N-methyl/N-ethyl adjacent to an activating group) is 1. The van der Waals surface area contributed by atoms with Crippen molar-refractivity contribution in [1.82, 2.24) is 0 Å². The second-order valence-electron chi connectivity index (χ2n) is 16.8. The van der Waals surface area contributed by atoms with Gasteiger partial charge in [-0.25, -0.2) is 4.57 Å². The quantitative estimate of drug-likeness (QED) is 0.0212. The van der Waals surface area contributed by atoms with Crippen molar-refractivity contribution in [2.75, 3.05) is 47.5 Å². The molecule has 2 atom stereocenters. The highest BCUT2D eigenvalue weighted by Crippen LogP contribution is 2.43. The lowest BCUT2D eigenvalue weighted by molar-refractivity contribution is -0.870. The van der Waals surface area contributed by atoms with Gasteiger partial charge in [0.25, 0.3) is 0 Å². The Balaban J connectivity index is 4.44. The molecule has 62 heavy (non-hydrogen) atoms. The van der Waals surface area contributed by atoms with Gasteiger partial charge in [0.05, 0.1) is 27.7 Å². The number of esters is 2. The van der Waals surface area contributed by atoms with E-state index in [0.717, 1.165) is 77.0 Å². The zero-order chi connectivity index (χ0) is 45.7. The molecule has 9 nitrogen and oxygen atoms in total. The van der Waals surface area contributed by atoms with E-state index >= 15 is 0 Å². The van der Waals surface area contributed by atoms with Crippen LogP contribution in [0.4, 0.5) is 0 Å². The van der Waals surface area contributed by atoms with Crippen LogP contribution < -0.4 is 0 Å². The van der Waals surface area contributed by atoms with Crippen molar-refractivity contribution in [2.45, 2.75) is 174 Å². The summed E-state index contributed by atoms with van der Waals surface area (Å²) in [6, 6.07) is 0. The number of phosphoric ester groups is 1. The van der Waals surface area contributed by atoms with Crippen LogP contribution in [0.1, 0.15) is 168 Å². The number of carbonyl (C=O) groups is 2. The van der Waals surface area contributed by atoms with Crippen LogP contribution in [0.3, 0.4) is 0 Å². The fourth-order valence-electron chi connectivity index (χ4n) is 5.89. The largest absolute Gasteiger partial charge is 0.472 e. The van der Waals surface area contributed by atoms with Crippen LogP contribution in [-0.2, 0) is 32.7 Å². The third-order valence-electron chi connectivity index (χ3n) is 9.61. The van der Waals surface area contributed by atoms with E-state index in [1.165, 1.54) is 57.8 Å². The molecule has 1 N–H and O–H groups in total. The monoisotopic (exact) mass is 887 g/mol. The maximum atomic E-state index is 12.7. The zero-order valence-electron chi connectivity index (χ0n) is 39.8. The third-order valence-corrected chi connectivity index (χ3v) is 10.6. The average molecular weight is 887 g/mol. The lowest BCUT2D eigenvalue weighted by Crippen LogP contribution is -2.37. The van der Waals surface area contributed by atoms with Gasteiger partial charge < -0.3 is 18.9 Å². The van der Waals surface area contributed by atoms with E-state index in [4.69, 9.17) is 18.5 Å². The minimum atomic E-state index is -4.41. The van der Waals surface area contributed by atoms with E-state index in [1.807, 2.05) is 33.3 Å². The molecule has 0 aliphatic carbocycles. The number of rotatable bonds is 42. The Morgan fingerprint density at radius 3 is 1.44 bits per heavy atom. The molecule has 1 unspecified atom stereocenters. The number of quaternary nitrogens is 1. The van der Waals surface area contributed by atoms with Crippen molar-refractivity contribution in [2.24, 2.45) is 0 Å². The standard InChI is InChI=1S/C52H88NO8P/c1-6-8-10-12-14-16-18-20-22-24-26-28-30-32-34-36-38-40-42-44-51(54)58-48-50(49-60-62(56,57)59-47-46-53(3,4)5)61-52(55)45-43-41-39-37-35-33-31-29-27-25-23-21-19-17-15-13-11-9-7-2/h9,11,14-17,20-23,27,29,33,35,39,41,50H,6-8,10,12-13,18-19,24-26,28,30-32,34,36-38,40,42-49H2,1-5H3/p+1/b11-9+,16-14+,17-15+,22-20+,23-21+,29-27+,35-33+,41-39+/t50-/m1/s1. The van der Waals surface area contributed by atoms with Crippen molar-refractivity contribution in [1.29, 1.82) is 0 Å². The van der Waals surface area contributed by atoms with E-state index in [9.17, 15) is 19.0 Å². The Kier molecular flexibility index (Phi) is 41.1. The lowest BCUT2D eigenvalue weighted by Gasteiger charge is -2.24. The summed E-state index contributed by atoms with van der Waals surface area (Å²) < 4.78 is 34.3. The zero-order valence-corrected chi connectivity index (χ0v) is 40.7. The first-order chi connectivity index (χ1) is 30.0. The van der Waals surface area contributed by atoms with Gasteiger partial charge in [-0.3, -0.25) is 18.6 Å². The second-order valence-corrected chi connectivity index (χ2v) is 18.2. The summed E-state index contributed by atoms with van der Waals surface area (Å²) in [5.74, 6) is -0.909. The Labute approximate surface area is 379 Å². The van der Waals surface area contributed by atoms with Crippen LogP contribution in [0.5, 0.6) is 0 Å². The molecule has 10 heteroatoms. The molecular weight excluding hydrogens is 798 g/mol. The summed E-state index contributed by atoms with van der Waals surface area (Å²) in [6.45, 7) is 4.18. The summed E-state index contributed by atoms with van der Waals surface area (Å²) in [4.78, 5) is 35.4. The highest BCUT2D eigenvalue weighted by Gasteiger charge is 2.27. The predicted octanol–water partition coefficient (Wildman–Crippen LogP) is 14.1. The van der Waals surface area contributed by atoms with Gasteiger partial charge in [-0.1, -0.05) is 169 Å². The number of hydrogen-bond acceptors (Lipinski definition) is 7. The van der Waals surface area contributed by atoms with E-state index < -0.39 is 32.5 Å². The Bertz CT molecular complexity index is 1370. The molecule has 0 bridgehead atoms. The van der Waals surface area contributed by atoms with E-state index in [-0.39, 0.29) is 26.1 Å². The van der Waals surface area contributed by atoms with Gasteiger partial charge >= 0.3 is 19.8 Å². The van der Waals surface area contributed by atoms with Gasteiger partial charge in [-0.2, -0.15) is 0 Å². The first-order valence-corrected chi connectivity index (χ1v) is 25.5. The van der Waals surface area contributed by atoms with Crippen molar-refractivity contribution in [3.05, 3.63) is 97.2 Å².